The minimum absolute atomic E-state index is 0.105. The van der Waals surface area contributed by atoms with Gasteiger partial charge < -0.3 is 0 Å². The van der Waals surface area contributed by atoms with Gasteiger partial charge in [-0.05, 0) is 207 Å². The van der Waals surface area contributed by atoms with E-state index in [2.05, 4.69) is 118 Å². The van der Waals surface area contributed by atoms with Crippen LogP contribution >= 0.6 is 15.8 Å². The molecule has 8 saturated carbocycles. The van der Waals surface area contributed by atoms with Gasteiger partial charge in [-0.15, -0.1) is 0 Å². The highest BCUT2D eigenvalue weighted by Crippen LogP contribution is 2.79. The molecular weight excluding hydrogens is 675 g/mol. The van der Waals surface area contributed by atoms with Crippen LogP contribution in [-0.2, 0) is 18.7 Å². The zero-order valence-corrected chi connectivity index (χ0v) is 34.6. The van der Waals surface area contributed by atoms with Gasteiger partial charge in [-0.25, -0.2) is 0 Å². The fraction of sp³-hybridized carbons (Fsp3) is 0.529. The molecule has 1 atom stereocenters. The van der Waals surface area contributed by atoms with Crippen molar-refractivity contribution in [2.24, 2.45) is 35.5 Å². The average Bonchev–Trinajstić information content (AvgIpc) is 3.13. The van der Waals surface area contributed by atoms with Crippen LogP contribution in [0.4, 0.5) is 0 Å². The molecule has 0 amide bonds. The Balaban J connectivity index is 1.09. The first kappa shape index (κ1) is 35.2. The van der Waals surface area contributed by atoms with Crippen molar-refractivity contribution in [3.05, 3.63) is 130 Å². The van der Waals surface area contributed by atoms with Crippen molar-refractivity contribution in [1.82, 2.24) is 0 Å². The number of hydrogen-bond donors (Lipinski definition) is 0. The van der Waals surface area contributed by atoms with Gasteiger partial charge in [-0.1, -0.05) is 112 Å². The van der Waals surface area contributed by atoms with Crippen molar-refractivity contribution in [3.8, 4) is 0 Å². The molecule has 0 nitrogen and oxygen atoms in total. The quantitative estimate of drug-likeness (QED) is 0.135. The molecule has 276 valence electrons. The maximum Gasteiger partial charge on any atom is 0.00106 e. The van der Waals surface area contributed by atoms with E-state index in [9.17, 15) is 0 Å². The summed E-state index contributed by atoms with van der Waals surface area (Å²) in [6, 6.07) is 38.0. The molecular formula is C51H62P2. The fourth-order valence-electron chi connectivity index (χ4n) is 14.3. The SMILES string of the molecule is Cc1ccccc1P(Cc1cc(C(C)Cc2ccccc2)ccc1CP(C12CC3CC(CC(C3)C1)C2)C12CC3CC(CC(C3)C1)C2)c1ccccc1C. The largest absolute Gasteiger partial charge is 0.0894 e. The lowest BCUT2D eigenvalue weighted by Crippen LogP contribution is -2.56. The van der Waals surface area contributed by atoms with E-state index in [1.165, 1.54) is 22.9 Å². The molecule has 0 spiro atoms. The molecule has 0 radical (unpaired) electrons. The zero-order valence-electron chi connectivity index (χ0n) is 32.8. The van der Waals surface area contributed by atoms with E-state index in [-0.39, 0.29) is 7.92 Å². The summed E-state index contributed by atoms with van der Waals surface area (Å²) in [5, 5.41) is 4.47. The van der Waals surface area contributed by atoms with E-state index in [4.69, 9.17) is 0 Å². The maximum atomic E-state index is 2.75. The molecule has 8 bridgehead atoms. The van der Waals surface area contributed by atoms with Gasteiger partial charge in [-0.2, -0.15) is 0 Å². The van der Waals surface area contributed by atoms with Crippen LogP contribution in [0.2, 0.25) is 0 Å². The van der Waals surface area contributed by atoms with Crippen molar-refractivity contribution < 1.29 is 0 Å². The van der Waals surface area contributed by atoms with Crippen LogP contribution in [0.1, 0.15) is 123 Å². The van der Waals surface area contributed by atoms with E-state index in [0.717, 1.165) is 48.1 Å². The molecule has 4 aromatic carbocycles. The molecule has 8 aliphatic carbocycles. The molecule has 12 rings (SSSR count). The third kappa shape index (κ3) is 6.63. The zero-order chi connectivity index (χ0) is 35.7. The molecule has 4 aromatic rings. The van der Waals surface area contributed by atoms with Crippen LogP contribution in [0.5, 0.6) is 0 Å². The van der Waals surface area contributed by atoms with Gasteiger partial charge in [0.1, 0.15) is 0 Å². The second kappa shape index (κ2) is 14.0. The minimum atomic E-state index is -0.537. The molecule has 0 saturated heterocycles. The Morgan fingerprint density at radius 3 is 1.45 bits per heavy atom. The van der Waals surface area contributed by atoms with E-state index >= 15 is 0 Å². The summed E-state index contributed by atoms with van der Waals surface area (Å²) in [7, 11) is -0.641. The Kier molecular flexibility index (Phi) is 9.32. The van der Waals surface area contributed by atoms with Crippen molar-refractivity contribution >= 4 is 26.5 Å². The first-order valence-corrected chi connectivity index (χ1v) is 24.7. The standard InChI is InChI=1S/C51H62P2/c1-35-11-7-9-15-48(35)52(49-16-10-8-12-36(49)2)33-47-26-45(37(3)19-38-13-5-4-6-14-38)17-18-46(47)34-53(50-27-39-20-40(28-50)22-41(21-39)29-50)51-30-42-23-43(31-51)25-44(24-42)32-51/h4-18,26,37,39-44H,19-25,27-34H2,1-3H3. The van der Waals surface area contributed by atoms with Crippen molar-refractivity contribution in [2.45, 2.75) is 133 Å². The molecule has 2 heteroatoms. The van der Waals surface area contributed by atoms with Crippen molar-refractivity contribution in [1.29, 1.82) is 0 Å². The van der Waals surface area contributed by atoms with Gasteiger partial charge in [0.2, 0.25) is 0 Å². The van der Waals surface area contributed by atoms with Crippen LogP contribution in [0.3, 0.4) is 0 Å². The number of aryl methyl sites for hydroxylation is 2. The molecule has 1 unspecified atom stereocenters. The molecule has 0 N–H and O–H groups in total. The highest BCUT2D eigenvalue weighted by atomic mass is 31.1. The van der Waals surface area contributed by atoms with Crippen LogP contribution in [0, 0.1) is 49.4 Å². The number of benzene rings is 4. The Morgan fingerprint density at radius 1 is 0.528 bits per heavy atom. The van der Waals surface area contributed by atoms with Gasteiger partial charge >= 0.3 is 0 Å². The summed E-state index contributed by atoms with van der Waals surface area (Å²) >= 11 is 0. The second-order valence-electron chi connectivity index (χ2n) is 19.6. The summed E-state index contributed by atoms with van der Waals surface area (Å²) in [5.41, 5.74) is 9.38. The normalized spacial score (nSPS) is 33.4. The summed E-state index contributed by atoms with van der Waals surface area (Å²) in [6.45, 7) is 7.21. The Hall–Kier alpha value is -2.26. The number of rotatable bonds is 11. The van der Waals surface area contributed by atoms with Gasteiger partial charge in [0.15, 0.2) is 0 Å². The van der Waals surface area contributed by atoms with E-state index in [0.29, 0.717) is 16.2 Å². The van der Waals surface area contributed by atoms with Crippen LogP contribution in [0.25, 0.3) is 0 Å². The van der Waals surface area contributed by atoms with Gasteiger partial charge in [-0.3, -0.25) is 0 Å². The number of hydrogen-bond acceptors (Lipinski definition) is 0. The average molecular weight is 737 g/mol. The van der Waals surface area contributed by atoms with Gasteiger partial charge in [0.25, 0.3) is 0 Å². The molecule has 0 aliphatic heterocycles. The van der Waals surface area contributed by atoms with Crippen molar-refractivity contribution in [2.75, 3.05) is 0 Å². The second-order valence-corrected chi connectivity index (χ2v) is 24.9. The maximum absolute atomic E-state index is 2.75. The topological polar surface area (TPSA) is 0 Å². The lowest BCUT2D eigenvalue weighted by molar-refractivity contribution is 0.0184. The van der Waals surface area contributed by atoms with Crippen molar-refractivity contribution in [3.63, 3.8) is 0 Å². The predicted octanol–water partition coefficient (Wildman–Crippen LogP) is 13.2. The highest BCUT2D eigenvalue weighted by Gasteiger charge is 2.62. The third-order valence-electron chi connectivity index (χ3n) is 15.8. The molecule has 53 heavy (non-hydrogen) atoms. The minimum Gasteiger partial charge on any atom is -0.0894 e. The predicted molar refractivity (Wildman–Crippen MR) is 230 cm³/mol. The summed E-state index contributed by atoms with van der Waals surface area (Å²) in [5.74, 6) is 6.73. The van der Waals surface area contributed by atoms with E-state index in [1.807, 2.05) is 0 Å². The first-order chi connectivity index (χ1) is 25.8. The summed E-state index contributed by atoms with van der Waals surface area (Å²) in [6.07, 6.45) is 22.6. The first-order valence-electron chi connectivity index (χ1n) is 21.6. The summed E-state index contributed by atoms with van der Waals surface area (Å²) < 4.78 is 0. The fourth-order valence-corrected chi connectivity index (χ4v) is 22.3. The van der Waals surface area contributed by atoms with Gasteiger partial charge in [0, 0.05) is 6.16 Å². The third-order valence-corrected chi connectivity index (χ3v) is 22.7. The van der Waals surface area contributed by atoms with Crippen LogP contribution in [-0.4, -0.2) is 10.3 Å². The molecule has 0 aromatic heterocycles. The van der Waals surface area contributed by atoms with Gasteiger partial charge in [0.05, 0.1) is 0 Å². The molecule has 8 fully saturated rings. The smallest absolute Gasteiger partial charge is 0.00106 e. The lowest BCUT2D eigenvalue weighted by atomic mass is 9.55. The Bertz CT molecular complexity index is 1780. The molecule has 0 heterocycles. The van der Waals surface area contributed by atoms with Crippen LogP contribution < -0.4 is 10.6 Å². The highest BCUT2D eigenvalue weighted by molar-refractivity contribution is 7.72. The van der Waals surface area contributed by atoms with E-state index in [1.54, 1.807) is 104 Å². The lowest BCUT2D eigenvalue weighted by Gasteiger charge is -2.67. The van der Waals surface area contributed by atoms with Crippen LogP contribution in [0.15, 0.2) is 97.1 Å². The molecule has 8 aliphatic rings. The van der Waals surface area contributed by atoms with E-state index < -0.39 is 7.92 Å². The Morgan fingerprint density at radius 2 is 0.981 bits per heavy atom. The Labute approximate surface area is 323 Å². The summed E-state index contributed by atoms with van der Waals surface area (Å²) in [4.78, 5) is 0. The monoisotopic (exact) mass is 736 g/mol.